The molecule has 0 aliphatic heterocycles. The molecule has 0 aliphatic carbocycles. The molecule has 2 aromatic heterocycles. The average molecular weight is 223 g/mol. The molecule has 0 spiro atoms. The number of thiazole rings is 1. The van der Waals surface area contributed by atoms with Crippen molar-refractivity contribution in [3.05, 3.63) is 23.8 Å². The number of hydrogen-bond donors (Lipinski definition) is 1. The van der Waals surface area contributed by atoms with Gasteiger partial charge in [0.1, 0.15) is 0 Å². The van der Waals surface area contributed by atoms with Crippen molar-refractivity contribution in [2.24, 2.45) is 0 Å². The molecule has 0 bridgehead atoms. The van der Waals surface area contributed by atoms with Crippen LogP contribution in [-0.4, -0.2) is 16.5 Å². The minimum Gasteiger partial charge on any atom is -0.438 e. The van der Waals surface area contributed by atoms with Crippen LogP contribution < -0.4 is 5.32 Å². The Bertz CT molecular complexity index is 410. The molecule has 2 aromatic rings. The van der Waals surface area contributed by atoms with Crippen molar-refractivity contribution in [1.82, 2.24) is 15.3 Å². The van der Waals surface area contributed by atoms with Crippen LogP contribution in [0.15, 0.2) is 22.3 Å². The van der Waals surface area contributed by atoms with Gasteiger partial charge in [0, 0.05) is 6.20 Å². The maximum absolute atomic E-state index is 5.64. The maximum Gasteiger partial charge on any atom is 0.211 e. The molecule has 0 amide bonds. The van der Waals surface area contributed by atoms with Gasteiger partial charge < -0.3 is 9.73 Å². The van der Waals surface area contributed by atoms with E-state index in [4.69, 9.17) is 4.42 Å². The molecule has 0 fully saturated rings. The first-order valence-corrected chi connectivity index (χ1v) is 5.77. The molecule has 1 atom stereocenters. The van der Waals surface area contributed by atoms with E-state index in [-0.39, 0.29) is 6.04 Å². The van der Waals surface area contributed by atoms with E-state index < -0.39 is 0 Å². The first kappa shape index (κ1) is 10.3. The van der Waals surface area contributed by atoms with E-state index in [0.717, 1.165) is 23.1 Å². The third-order valence-electron chi connectivity index (χ3n) is 2.08. The van der Waals surface area contributed by atoms with Crippen LogP contribution in [0.2, 0.25) is 0 Å². The molecule has 0 saturated carbocycles. The first-order chi connectivity index (χ1) is 7.31. The Morgan fingerprint density at radius 2 is 2.40 bits per heavy atom. The van der Waals surface area contributed by atoms with Gasteiger partial charge >= 0.3 is 0 Å². The van der Waals surface area contributed by atoms with Crippen molar-refractivity contribution < 1.29 is 4.42 Å². The second-order valence-electron chi connectivity index (χ2n) is 3.21. The van der Waals surface area contributed by atoms with Gasteiger partial charge in [-0.05, 0) is 13.5 Å². The summed E-state index contributed by atoms with van der Waals surface area (Å²) in [7, 11) is 0. The Morgan fingerprint density at radius 1 is 1.53 bits per heavy atom. The number of nitrogens with one attached hydrogen (secondary N) is 1. The molecule has 2 heterocycles. The van der Waals surface area contributed by atoms with Crippen molar-refractivity contribution in [2.45, 2.75) is 19.9 Å². The second-order valence-corrected chi connectivity index (χ2v) is 4.09. The summed E-state index contributed by atoms with van der Waals surface area (Å²) in [6.07, 6.45) is 3.53. The number of oxazole rings is 1. The molecule has 0 radical (unpaired) electrons. The summed E-state index contributed by atoms with van der Waals surface area (Å²) in [4.78, 5) is 9.26. The van der Waals surface area contributed by atoms with Gasteiger partial charge in [-0.15, -0.1) is 11.3 Å². The third kappa shape index (κ3) is 2.24. The third-order valence-corrected chi connectivity index (χ3v) is 2.87. The normalized spacial score (nSPS) is 12.9. The fraction of sp³-hybridized carbons (Fsp3) is 0.400. The molecular weight excluding hydrogens is 210 g/mol. The predicted octanol–water partition coefficient (Wildman–Crippen LogP) is 2.47. The summed E-state index contributed by atoms with van der Waals surface area (Å²) in [6.45, 7) is 4.99. The van der Waals surface area contributed by atoms with E-state index in [1.165, 1.54) is 0 Å². The maximum atomic E-state index is 5.64. The highest BCUT2D eigenvalue weighted by molar-refractivity contribution is 7.13. The van der Waals surface area contributed by atoms with E-state index in [1.54, 1.807) is 29.2 Å². The Hall–Kier alpha value is -1.20. The zero-order chi connectivity index (χ0) is 10.7. The van der Waals surface area contributed by atoms with Crippen LogP contribution in [0.25, 0.3) is 10.6 Å². The van der Waals surface area contributed by atoms with Gasteiger partial charge in [0.05, 0.1) is 22.6 Å². The van der Waals surface area contributed by atoms with E-state index in [0.29, 0.717) is 0 Å². The van der Waals surface area contributed by atoms with Gasteiger partial charge in [0.25, 0.3) is 0 Å². The monoisotopic (exact) mass is 223 g/mol. The molecule has 1 N–H and O–H groups in total. The lowest BCUT2D eigenvalue weighted by molar-refractivity contribution is 0.429. The van der Waals surface area contributed by atoms with Crippen molar-refractivity contribution in [2.75, 3.05) is 6.54 Å². The van der Waals surface area contributed by atoms with Gasteiger partial charge in [-0.1, -0.05) is 6.92 Å². The van der Waals surface area contributed by atoms with Gasteiger partial charge in [0.15, 0.2) is 5.76 Å². The Labute approximate surface area is 92.4 Å². The highest BCUT2D eigenvalue weighted by atomic mass is 32.1. The quantitative estimate of drug-likeness (QED) is 0.865. The molecular formula is C10H13N3OS. The van der Waals surface area contributed by atoms with Gasteiger partial charge in [-0.25, -0.2) is 4.98 Å². The summed E-state index contributed by atoms with van der Waals surface area (Å²) in [5, 5.41) is 3.25. The molecule has 4 nitrogen and oxygen atoms in total. The minimum atomic E-state index is 0.150. The average Bonchev–Trinajstić information content (AvgIpc) is 2.89. The van der Waals surface area contributed by atoms with Crippen LogP contribution >= 0.6 is 11.3 Å². The lowest BCUT2D eigenvalue weighted by Gasteiger charge is -2.06. The smallest absolute Gasteiger partial charge is 0.211 e. The minimum absolute atomic E-state index is 0.150. The lowest BCUT2D eigenvalue weighted by atomic mass is 10.3. The Kier molecular flexibility index (Phi) is 3.13. The zero-order valence-electron chi connectivity index (χ0n) is 8.73. The fourth-order valence-corrected chi connectivity index (χ4v) is 1.90. The van der Waals surface area contributed by atoms with Gasteiger partial charge in [-0.2, -0.15) is 0 Å². The molecule has 0 saturated heterocycles. The fourth-order valence-electron chi connectivity index (χ4n) is 1.33. The number of hydrogen-bond acceptors (Lipinski definition) is 5. The second kappa shape index (κ2) is 4.55. The molecule has 0 aromatic carbocycles. The summed E-state index contributed by atoms with van der Waals surface area (Å²) in [6, 6.07) is 0.150. The first-order valence-electron chi connectivity index (χ1n) is 4.89. The van der Waals surface area contributed by atoms with Crippen molar-refractivity contribution in [3.8, 4) is 10.6 Å². The number of nitrogens with zero attached hydrogens (tertiary/aromatic N) is 2. The number of rotatable bonds is 4. The molecule has 80 valence electrons. The van der Waals surface area contributed by atoms with Crippen LogP contribution in [0.4, 0.5) is 0 Å². The standard InChI is InChI=1S/C10H13N3OS/c1-3-12-7(2)10-13-4-8(14-10)9-5-11-6-15-9/h4-7,12H,3H2,1-2H3. The highest BCUT2D eigenvalue weighted by Crippen LogP contribution is 2.25. The largest absolute Gasteiger partial charge is 0.438 e. The molecule has 0 aliphatic rings. The Morgan fingerprint density at radius 3 is 3.07 bits per heavy atom. The highest BCUT2D eigenvalue weighted by Gasteiger charge is 2.12. The van der Waals surface area contributed by atoms with Crippen LogP contribution in [0.1, 0.15) is 25.8 Å². The van der Waals surface area contributed by atoms with Crippen molar-refractivity contribution in [3.63, 3.8) is 0 Å². The van der Waals surface area contributed by atoms with E-state index in [1.807, 2.05) is 6.92 Å². The van der Waals surface area contributed by atoms with Gasteiger partial charge in [-0.3, -0.25) is 4.98 Å². The SMILES string of the molecule is CCNC(C)c1ncc(-c2cncs2)o1. The van der Waals surface area contributed by atoms with Crippen molar-refractivity contribution in [1.29, 1.82) is 0 Å². The predicted molar refractivity (Wildman–Crippen MR) is 59.7 cm³/mol. The molecule has 5 heteroatoms. The molecule has 2 rings (SSSR count). The van der Waals surface area contributed by atoms with Gasteiger partial charge in [0.2, 0.25) is 5.89 Å². The van der Waals surface area contributed by atoms with Crippen LogP contribution in [0.5, 0.6) is 0 Å². The van der Waals surface area contributed by atoms with Crippen LogP contribution in [0, 0.1) is 0 Å². The summed E-state index contributed by atoms with van der Waals surface area (Å²) in [5.41, 5.74) is 1.78. The summed E-state index contributed by atoms with van der Waals surface area (Å²) in [5.74, 6) is 1.51. The molecule has 1 unspecified atom stereocenters. The summed E-state index contributed by atoms with van der Waals surface area (Å²) < 4.78 is 5.64. The molecule has 15 heavy (non-hydrogen) atoms. The van der Waals surface area contributed by atoms with Crippen LogP contribution in [0.3, 0.4) is 0 Å². The van der Waals surface area contributed by atoms with E-state index >= 15 is 0 Å². The Balaban J connectivity index is 2.17. The number of aromatic nitrogens is 2. The topological polar surface area (TPSA) is 51.0 Å². The van der Waals surface area contributed by atoms with E-state index in [2.05, 4.69) is 22.2 Å². The van der Waals surface area contributed by atoms with Crippen molar-refractivity contribution >= 4 is 11.3 Å². The van der Waals surface area contributed by atoms with Crippen LogP contribution in [-0.2, 0) is 0 Å². The zero-order valence-corrected chi connectivity index (χ0v) is 9.54. The lowest BCUT2D eigenvalue weighted by Crippen LogP contribution is -2.17. The summed E-state index contributed by atoms with van der Waals surface area (Å²) >= 11 is 1.55. The van der Waals surface area contributed by atoms with E-state index in [9.17, 15) is 0 Å².